The summed E-state index contributed by atoms with van der Waals surface area (Å²) in [5.41, 5.74) is 3.89. The number of imidazole rings is 1. The van der Waals surface area contributed by atoms with Gasteiger partial charge < -0.3 is 9.47 Å². The second kappa shape index (κ2) is 8.72. The number of aromatic nitrogens is 2. The van der Waals surface area contributed by atoms with E-state index in [0.717, 1.165) is 21.9 Å². The predicted molar refractivity (Wildman–Crippen MR) is 121 cm³/mol. The van der Waals surface area contributed by atoms with Crippen LogP contribution < -0.4 is 4.90 Å². The molecule has 0 bridgehead atoms. The highest BCUT2D eigenvalue weighted by atomic mass is 35.5. The molecule has 1 heterocycles. The average Bonchev–Trinajstić information content (AvgIpc) is 3.09. The molecule has 0 radical (unpaired) electrons. The zero-order valence-corrected chi connectivity index (χ0v) is 17.5. The Balaban J connectivity index is 1.59. The van der Waals surface area contributed by atoms with Crippen molar-refractivity contribution >= 4 is 46.0 Å². The van der Waals surface area contributed by atoms with Crippen LogP contribution >= 0.6 is 23.4 Å². The molecule has 0 saturated carbocycles. The van der Waals surface area contributed by atoms with E-state index in [2.05, 4.69) is 16.7 Å². The summed E-state index contributed by atoms with van der Waals surface area (Å²) in [6.07, 6.45) is 0. The van der Waals surface area contributed by atoms with Gasteiger partial charge in [0.2, 0.25) is 5.91 Å². The zero-order valence-electron chi connectivity index (χ0n) is 16.0. The van der Waals surface area contributed by atoms with Crippen molar-refractivity contribution in [3.05, 3.63) is 89.4 Å². The number of nitrogens with zero attached hydrogens (tertiary/aromatic N) is 3. The van der Waals surface area contributed by atoms with Crippen molar-refractivity contribution in [3.63, 3.8) is 0 Å². The first-order valence-electron chi connectivity index (χ1n) is 9.26. The predicted octanol–water partition coefficient (Wildman–Crippen LogP) is 5.49. The molecule has 6 heteroatoms. The second-order valence-electron chi connectivity index (χ2n) is 6.68. The third-order valence-electron chi connectivity index (χ3n) is 4.70. The van der Waals surface area contributed by atoms with Gasteiger partial charge in [-0.3, -0.25) is 4.79 Å². The minimum absolute atomic E-state index is 0.0255. The van der Waals surface area contributed by atoms with E-state index in [1.54, 1.807) is 11.9 Å². The van der Waals surface area contributed by atoms with Crippen molar-refractivity contribution in [2.75, 3.05) is 17.7 Å². The van der Waals surface area contributed by atoms with Crippen molar-refractivity contribution in [3.8, 4) is 0 Å². The van der Waals surface area contributed by atoms with Crippen molar-refractivity contribution < 1.29 is 4.79 Å². The number of para-hydroxylation sites is 1. The fourth-order valence-electron chi connectivity index (χ4n) is 3.13. The van der Waals surface area contributed by atoms with Gasteiger partial charge in [-0.25, -0.2) is 4.98 Å². The zero-order chi connectivity index (χ0) is 20.2. The molecular weight excluding hydrogens is 402 g/mol. The number of carbonyl (C=O) groups is 1. The Bertz CT molecular complexity index is 1130. The van der Waals surface area contributed by atoms with Gasteiger partial charge in [-0.05, 0) is 35.9 Å². The molecule has 29 heavy (non-hydrogen) atoms. The summed E-state index contributed by atoms with van der Waals surface area (Å²) in [6, 6.07) is 25.6. The highest BCUT2D eigenvalue weighted by Gasteiger charge is 2.16. The minimum Gasteiger partial charge on any atom is -0.315 e. The molecule has 1 aromatic heterocycles. The molecule has 146 valence electrons. The molecule has 0 aliphatic carbocycles. The summed E-state index contributed by atoms with van der Waals surface area (Å²) in [5.74, 6) is 0.328. The maximum Gasteiger partial charge on any atom is 0.237 e. The van der Waals surface area contributed by atoms with E-state index in [-0.39, 0.29) is 5.91 Å². The van der Waals surface area contributed by atoms with Gasteiger partial charge in [0, 0.05) is 17.8 Å². The Morgan fingerprint density at radius 2 is 1.72 bits per heavy atom. The molecule has 0 spiro atoms. The molecule has 1 amide bonds. The van der Waals surface area contributed by atoms with Crippen LogP contribution in [0.25, 0.3) is 11.0 Å². The first-order chi connectivity index (χ1) is 14.1. The van der Waals surface area contributed by atoms with Crippen LogP contribution in [0.15, 0.2) is 84.0 Å². The average molecular weight is 422 g/mol. The fraction of sp³-hybridized carbons (Fsp3) is 0.130. The van der Waals surface area contributed by atoms with Crippen molar-refractivity contribution in [2.24, 2.45) is 0 Å². The molecule has 0 N–H and O–H groups in total. The van der Waals surface area contributed by atoms with E-state index in [4.69, 9.17) is 16.6 Å². The van der Waals surface area contributed by atoms with Gasteiger partial charge in [-0.1, -0.05) is 71.9 Å². The first kappa shape index (κ1) is 19.6. The molecule has 0 aliphatic heterocycles. The normalized spacial score (nSPS) is 11.0. The smallest absolute Gasteiger partial charge is 0.237 e. The van der Waals surface area contributed by atoms with Gasteiger partial charge in [0.25, 0.3) is 0 Å². The lowest BCUT2D eigenvalue weighted by molar-refractivity contribution is -0.115. The Morgan fingerprint density at radius 1 is 1.03 bits per heavy atom. The van der Waals surface area contributed by atoms with Gasteiger partial charge in [-0.2, -0.15) is 0 Å². The summed E-state index contributed by atoms with van der Waals surface area (Å²) in [7, 11) is 1.80. The van der Waals surface area contributed by atoms with E-state index in [1.807, 2.05) is 66.7 Å². The molecule has 0 aliphatic rings. The van der Waals surface area contributed by atoms with Crippen molar-refractivity contribution in [2.45, 2.75) is 11.7 Å². The van der Waals surface area contributed by atoms with Crippen LogP contribution in [-0.4, -0.2) is 28.3 Å². The SMILES string of the molecule is CN(C(=O)CSc1nc2cc(Cl)ccc2n1Cc1ccccc1)c1ccccc1. The van der Waals surface area contributed by atoms with Crippen LogP contribution in [0.5, 0.6) is 0 Å². The molecule has 4 aromatic rings. The van der Waals surface area contributed by atoms with E-state index < -0.39 is 0 Å². The topological polar surface area (TPSA) is 38.1 Å². The first-order valence-corrected chi connectivity index (χ1v) is 10.6. The summed E-state index contributed by atoms with van der Waals surface area (Å²) >= 11 is 7.61. The van der Waals surface area contributed by atoms with Gasteiger partial charge >= 0.3 is 0 Å². The highest BCUT2D eigenvalue weighted by molar-refractivity contribution is 7.99. The number of hydrogen-bond acceptors (Lipinski definition) is 3. The highest BCUT2D eigenvalue weighted by Crippen LogP contribution is 2.28. The number of anilines is 1. The van der Waals surface area contributed by atoms with Crippen LogP contribution in [0.4, 0.5) is 5.69 Å². The van der Waals surface area contributed by atoms with Crippen LogP contribution in [0, 0.1) is 0 Å². The standard InChI is InChI=1S/C23H20ClN3OS/c1-26(19-10-6-3-7-11-19)22(28)16-29-23-25-20-14-18(24)12-13-21(20)27(23)15-17-8-4-2-5-9-17/h2-14H,15-16H2,1H3. The Morgan fingerprint density at radius 3 is 2.45 bits per heavy atom. The van der Waals surface area contributed by atoms with Gasteiger partial charge in [-0.15, -0.1) is 0 Å². The summed E-state index contributed by atoms with van der Waals surface area (Å²) in [6.45, 7) is 0.685. The van der Waals surface area contributed by atoms with Gasteiger partial charge in [0.1, 0.15) is 0 Å². The number of carbonyl (C=O) groups excluding carboxylic acids is 1. The van der Waals surface area contributed by atoms with Crippen molar-refractivity contribution in [1.82, 2.24) is 9.55 Å². The molecule has 0 atom stereocenters. The Hall–Kier alpha value is -2.76. The lowest BCUT2D eigenvalue weighted by atomic mass is 10.2. The monoisotopic (exact) mass is 421 g/mol. The van der Waals surface area contributed by atoms with Crippen LogP contribution in [0.1, 0.15) is 5.56 Å². The molecule has 0 fully saturated rings. The number of halogens is 1. The molecular formula is C23H20ClN3OS. The minimum atomic E-state index is 0.0255. The Labute approximate surface area is 179 Å². The van der Waals surface area contributed by atoms with E-state index in [0.29, 0.717) is 17.3 Å². The van der Waals surface area contributed by atoms with Crippen LogP contribution in [0.3, 0.4) is 0 Å². The Kier molecular flexibility index (Phi) is 5.88. The lowest BCUT2D eigenvalue weighted by Gasteiger charge is -2.17. The number of fused-ring (bicyclic) bond motifs is 1. The third-order valence-corrected chi connectivity index (χ3v) is 5.90. The summed E-state index contributed by atoms with van der Waals surface area (Å²) in [5, 5.41) is 1.46. The van der Waals surface area contributed by atoms with Gasteiger partial charge in [0.15, 0.2) is 5.16 Å². The molecule has 3 aromatic carbocycles. The lowest BCUT2D eigenvalue weighted by Crippen LogP contribution is -2.27. The molecule has 4 nitrogen and oxygen atoms in total. The maximum atomic E-state index is 12.7. The van der Waals surface area contributed by atoms with Crippen molar-refractivity contribution in [1.29, 1.82) is 0 Å². The van der Waals surface area contributed by atoms with E-state index in [1.165, 1.54) is 17.3 Å². The number of hydrogen-bond donors (Lipinski definition) is 0. The molecule has 4 rings (SSSR count). The van der Waals surface area contributed by atoms with E-state index in [9.17, 15) is 4.79 Å². The van der Waals surface area contributed by atoms with E-state index >= 15 is 0 Å². The molecule has 0 unspecified atom stereocenters. The quantitative estimate of drug-likeness (QED) is 0.386. The number of thioether (sulfide) groups is 1. The maximum absolute atomic E-state index is 12.7. The number of amides is 1. The molecule has 0 saturated heterocycles. The summed E-state index contributed by atoms with van der Waals surface area (Å²) < 4.78 is 2.14. The number of rotatable bonds is 6. The largest absolute Gasteiger partial charge is 0.315 e. The van der Waals surface area contributed by atoms with Crippen LogP contribution in [-0.2, 0) is 11.3 Å². The summed E-state index contributed by atoms with van der Waals surface area (Å²) in [4.78, 5) is 19.1. The second-order valence-corrected chi connectivity index (χ2v) is 8.06. The fourth-order valence-corrected chi connectivity index (χ4v) is 4.22. The number of benzene rings is 3. The van der Waals surface area contributed by atoms with Crippen LogP contribution in [0.2, 0.25) is 5.02 Å². The third kappa shape index (κ3) is 4.47. The van der Waals surface area contributed by atoms with Gasteiger partial charge in [0.05, 0.1) is 23.3 Å².